The number of aromatic nitrogens is 6. The van der Waals surface area contributed by atoms with Crippen molar-refractivity contribution >= 4 is 61.4 Å². The van der Waals surface area contributed by atoms with E-state index in [0.717, 1.165) is 175 Å². The number of rotatable bonds is 19. The van der Waals surface area contributed by atoms with Crippen LogP contribution in [-0.4, -0.2) is 189 Å². The van der Waals surface area contributed by atoms with Gasteiger partial charge in [0.05, 0.1) is 61.8 Å². The van der Waals surface area contributed by atoms with Crippen molar-refractivity contribution in [2.45, 2.75) is 160 Å². The van der Waals surface area contributed by atoms with Crippen LogP contribution in [0.4, 0.5) is 26.2 Å². The van der Waals surface area contributed by atoms with E-state index in [1.54, 1.807) is 11.9 Å². The van der Waals surface area contributed by atoms with Crippen LogP contribution in [0, 0.1) is 51.3 Å². The zero-order valence-electron chi connectivity index (χ0n) is 67.4. The van der Waals surface area contributed by atoms with Gasteiger partial charge in [-0.2, -0.15) is 29.9 Å². The normalized spacial score (nSPS) is 23.0. The highest BCUT2D eigenvalue weighted by Gasteiger charge is 2.44. The van der Waals surface area contributed by atoms with Gasteiger partial charge in [-0.15, -0.1) is 0 Å². The molecule has 0 aliphatic carbocycles. The average molecular weight is 1580 g/mol. The molecule has 8 aliphatic rings. The summed E-state index contributed by atoms with van der Waals surface area (Å²) < 4.78 is 66.0. The second-order valence-electron chi connectivity index (χ2n) is 33.1. The number of fused-ring (bicyclic) bond motifs is 6. The van der Waals surface area contributed by atoms with Crippen LogP contribution in [0.2, 0.25) is 5.02 Å². The van der Waals surface area contributed by atoms with E-state index in [1.165, 1.54) is 44.7 Å². The smallest absolute Gasteiger partial charge is 0.318 e. The molecule has 4 unspecified atom stereocenters. The Morgan fingerprint density at radius 3 is 1.31 bits per heavy atom. The Hall–Kier alpha value is -9.48. The Morgan fingerprint density at radius 2 is 0.904 bits per heavy atom. The third kappa shape index (κ3) is 18.7. The molecule has 0 N–H and O–H groups in total. The topological polar surface area (TPSA) is 165 Å². The van der Waals surface area contributed by atoms with E-state index in [9.17, 15) is 8.78 Å². The number of likely N-dealkylation sites (tertiary alicyclic amines) is 2. The predicted octanol–water partition coefficient (Wildman–Crippen LogP) is 16.5. The maximum absolute atomic E-state index is 14.0. The van der Waals surface area contributed by atoms with Gasteiger partial charge in [0.15, 0.2) is 0 Å². The van der Waals surface area contributed by atoms with E-state index in [-0.39, 0.29) is 55.9 Å². The highest BCUT2D eigenvalue weighted by atomic mass is 35.5. The molecule has 9 aromatic rings. The summed E-state index contributed by atoms with van der Waals surface area (Å²) in [5, 5.41) is 7.76. The number of anilines is 3. The molecule has 6 aromatic carbocycles. The lowest BCUT2D eigenvalue weighted by Gasteiger charge is -2.35. The van der Waals surface area contributed by atoms with E-state index >= 15 is 0 Å². The zero-order valence-corrected chi connectivity index (χ0v) is 68.1. The number of ether oxygens (including phenoxy) is 6. The van der Waals surface area contributed by atoms with Crippen molar-refractivity contribution in [1.29, 1.82) is 0 Å². The zero-order chi connectivity index (χ0) is 79.9. The summed E-state index contributed by atoms with van der Waals surface area (Å²) in [6, 6.07) is 38.9. The van der Waals surface area contributed by atoms with Crippen molar-refractivity contribution in [1.82, 2.24) is 44.6 Å². The van der Waals surface area contributed by atoms with Crippen LogP contribution >= 0.6 is 11.6 Å². The van der Waals surface area contributed by atoms with E-state index in [1.807, 2.05) is 26.2 Å². The molecular weight excluding hydrogens is 1470 g/mol. The molecular formula is C91H106ClF2N15O6. The second-order valence-corrected chi connectivity index (χ2v) is 33.5. The van der Waals surface area contributed by atoms with Crippen LogP contribution in [0.1, 0.15) is 145 Å². The first-order chi connectivity index (χ1) is 55.8. The standard InChI is InChI=1S/C31H35F2N5O2.C30H34ClN5O2.C30H37N5O2/c1-20-7-4-9-22-10-5-11-24(28(20)22)27-13-26-25(18-39-27)29(38-12-6-8-21(16-38)15-34-2)36-30(35-26)40-17-23-14-31(32,33)19-37(23)3;1-32-16-20-7-5-14-36(17-20)29-24-19-37-27(23-11-3-8-21-9-4-12-25(31)28(21)23)15-26(24)33-30(34-29)38-18-22-10-6-13-35(22)2;1-20-9-6-11-23-12-7-13-24(28(20)23)27-15-26-25(19-36-27)29(35-14-8-10-22(18-35)16-31-3)33-30(32-26)37-21(2)17-34(4)5/h4-5,7,9-11,21,23,27H,6,8,12-19H2,1,3H3;3-4,8-9,11-12,20,22,27H,5-7,10,13-19H2,2H3;6-7,9,11-13,21-22,27H,8,10,14-19H2,1-2,4-5H3/t21-,23-,27?;20-,22-,27?;21?,22-,27?/m000/s1. The van der Waals surface area contributed by atoms with Gasteiger partial charge in [-0.25, -0.2) is 28.5 Å². The quantitative estimate of drug-likeness (QED) is 0.0701. The summed E-state index contributed by atoms with van der Waals surface area (Å²) in [4.78, 5) is 53.4. The molecule has 602 valence electrons. The van der Waals surface area contributed by atoms with Crippen molar-refractivity contribution in [2.24, 2.45) is 17.8 Å². The van der Waals surface area contributed by atoms with E-state index < -0.39 is 12.0 Å². The Morgan fingerprint density at radius 1 is 0.513 bits per heavy atom. The number of likely N-dealkylation sites (N-methyl/N-ethyl adjacent to an activating group) is 3. The Kier molecular flexibility index (Phi) is 25.5. The minimum Gasteiger partial charge on any atom is -0.462 e. The summed E-state index contributed by atoms with van der Waals surface area (Å²) in [5.41, 5.74) is 11.8. The van der Waals surface area contributed by atoms with Crippen molar-refractivity contribution in [3.05, 3.63) is 210 Å². The molecule has 0 radical (unpaired) electrons. The number of piperidine rings is 3. The van der Waals surface area contributed by atoms with Gasteiger partial charge in [-0.1, -0.05) is 115 Å². The summed E-state index contributed by atoms with van der Waals surface area (Å²) in [6.07, 6.45) is 9.83. The Labute approximate surface area is 680 Å². The van der Waals surface area contributed by atoms with Crippen LogP contribution in [0.15, 0.2) is 109 Å². The molecule has 24 heteroatoms. The highest BCUT2D eigenvalue weighted by molar-refractivity contribution is 6.35. The van der Waals surface area contributed by atoms with Gasteiger partial charge in [-0.3, -0.25) is 4.90 Å². The Balaban J connectivity index is 0.000000136. The molecule has 5 saturated heterocycles. The second kappa shape index (κ2) is 36.4. The summed E-state index contributed by atoms with van der Waals surface area (Å²) >= 11 is 6.66. The number of nitrogens with zero attached hydrogens (tertiary/aromatic N) is 15. The molecule has 0 spiro atoms. The van der Waals surface area contributed by atoms with Crippen molar-refractivity contribution in [2.75, 3.05) is 135 Å². The van der Waals surface area contributed by atoms with Gasteiger partial charge in [0.1, 0.15) is 36.8 Å². The molecule has 0 saturated carbocycles. The number of halogens is 3. The Bertz CT molecular complexity index is 5080. The molecule has 3 aromatic heterocycles. The molecule has 9 atom stereocenters. The van der Waals surface area contributed by atoms with Gasteiger partial charge in [0.2, 0.25) is 19.6 Å². The fourth-order valence-corrected chi connectivity index (χ4v) is 18.9. The number of hydrogen-bond acceptors (Lipinski definition) is 18. The summed E-state index contributed by atoms with van der Waals surface area (Å²) in [5.74, 6) is 0.910. The van der Waals surface area contributed by atoms with Crippen molar-refractivity contribution in [3.8, 4) is 18.0 Å². The molecule has 11 heterocycles. The summed E-state index contributed by atoms with van der Waals surface area (Å²) in [6.45, 7) is 38.7. The third-order valence-electron chi connectivity index (χ3n) is 24.3. The summed E-state index contributed by atoms with van der Waals surface area (Å²) in [7, 11) is 7.94. The van der Waals surface area contributed by atoms with E-state index in [4.69, 9.17) is 89.6 Å². The molecule has 115 heavy (non-hydrogen) atoms. The van der Waals surface area contributed by atoms with Gasteiger partial charge in [0, 0.05) is 128 Å². The molecule has 0 bridgehead atoms. The molecule has 0 amide bonds. The monoisotopic (exact) mass is 1580 g/mol. The first kappa shape index (κ1) is 80.7. The van der Waals surface area contributed by atoms with Crippen LogP contribution < -0.4 is 28.9 Å². The lowest BCUT2D eigenvalue weighted by atomic mass is 9.92. The first-order valence-electron chi connectivity index (χ1n) is 41.1. The number of alkyl halides is 2. The van der Waals surface area contributed by atoms with Gasteiger partial charge in [-0.05, 0) is 168 Å². The molecule has 21 nitrogen and oxygen atoms in total. The van der Waals surface area contributed by atoms with Crippen LogP contribution in [0.5, 0.6) is 18.0 Å². The average Bonchev–Trinajstić information content (AvgIpc) is 1.76. The lowest BCUT2D eigenvalue weighted by molar-refractivity contribution is 0.0136. The van der Waals surface area contributed by atoms with E-state index in [2.05, 4.69) is 164 Å². The number of benzene rings is 6. The largest absolute Gasteiger partial charge is 0.462 e. The van der Waals surface area contributed by atoms with E-state index in [0.29, 0.717) is 95.2 Å². The maximum Gasteiger partial charge on any atom is 0.318 e. The third-order valence-corrected chi connectivity index (χ3v) is 24.7. The number of hydrogen-bond donors (Lipinski definition) is 0. The SMILES string of the molecule is [C-]#[N+]C[C@@H]1CCCN(c2nc(OC(C)CN(C)C)nc3c2COC(c2cccc4cccc(C)c24)C3)C1.[C-]#[N+]C[C@@H]1CCCN(c2nc(OC[C@@H]3CC(F)(F)CN3C)nc3c2COC(c2cccc4cccc(C)c24)C3)C1.[C-]#[N+]C[C@@H]1CCCN(c2nc(OC[C@@H]3CCCN3C)nc3c2COC(c2cccc4cccc(Cl)c24)C3)C1. The van der Waals surface area contributed by atoms with Crippen LogP contribution in [0.25, 0.3) is 46.9 Å². The predicted molar refractivity (Wildman–Crippen MR) is 447 cm³/mol. The van der Waals surface area contributed by atoms with Gasteiger partial charge >= 0.3 is 18.0 Å². The lowest BCUT2D eigenvalue weighted by Crippen LogP contribution is -2.38. The van der Waals surface area contributed by atoms with Gasteiger partial charge < -0.3 is 67.5 Å². The fraction of sp³-hybridized carbons (Fsp3) is 0.505. The van der Waals surface area contributed by atoms with Crippen LogP contribution in [-0.2, 0) is 53.3 Å². The van der Waals surface area contributed by atoms with Gasteiger partial charge in [0.25, 0.3) is 5.92 Å². The minimum atomic E-state index is -2.71. The molecule has 17 rings (SSSR count). The van der Waals surface area contributed by atoms with Crippen molar-refractivity contribution in [3.63, 3.8) is 0 Å². The maximum atomic E-state index is 14.0. The molecule has 5 fully saturated rings. The highest BCUT2D eigenvalue weighted by Crippen LogP contribution is 2.45. The number of aryl methyl sites for hydroxylation is 2. The fourth-order valence-electron chi connectivity index (χ4n) is 18.6. The van der Waals surface area contributed by atoms with Crippen LogP contribution in [0.3, 0.4) is 0 Å². The minimum absolute atomic E-state index is 0.0338. The van der Waals surface area contributed by atoms with Crippen molar-refractivity contribution < 1.29 is 37.2 Å². The first-order valence-corrected chi connectivity index (χ1v) is 41.5. The molecule has 8 aliphatic heterocycles.